The molecule has 0 saturated heterocycles. The predicted octanol–water partition coefficient (Wildman–Crippen LogP) is 4.24. The lowest BCUT2D eigenvalue weighted by molar-refractivity contribution is 0.0697. The van der Waals surface area contributed by atoms with Gasteiger partial charge in [0.2, 0.25) is 0 Å². The van der Waals surface area contributed by atoms with Crippen molar-refractivity contribution in [2.75, 3.05) is 19.0 Å². The molecule has 7 nitrogen and oxygen atoms in total. The van der Waals surface area contributed by atoms with Gasteiger partial charge in [-0.2, -0.15) is 0 Å². The Balaban J connectivity index is 1.62. The van der Waals surface area contributed by atoms with Gasteiger partial charge in [0.25, 0.3) is 5.88 Å². The second kappa shape index (κ2) is 8.48. The molecular weight excluding hydrogens is 390 g/mol. The summed E-state index contributed by atoms with van der Waals surface area (Å²) < 4.78 is 11.3. The number of aromatic nitrogens is 2. The molecule has 1 atom stereocenters. The predicted molar refractivity (Wildman–Crippen MR) is 110 cm³/mol. The summed E-state index contributed by atoms with van der Waals surface area (Å²) in [5.41, 5.74) is 3.56. The number of benzene rings is 1. The highest BCUT2D eigenvalue weighted by molar-refractivity contribution is 7.09. The third-order valence-electron chi connectivity index (χ3n) is 4.69. The fraction of sp³-hybridized carbons (Fsp3) is 0.286. The molecule has 29 heavy (non-hydrogen) atoms. The molecular formula is C21H21N3O4S. The Bertz CT molecular complexity index is 972. The SMILES string of the molecule is COc1ccc(C(Nc2ccc(C(=O)O)cc2)c2cncs2)nc1OCC1CC1. The first kappa shape index (κ1) is 19.2. The molecule has 0 bridgehead atoms. The molecule has 1 saturated carbocycles. The van der Waals surface area contributed by atoms with Crippen LogP contribution in [0.25, 0.3) is 0 Å². The number of carboxylic acid groups (broad SMARTS) is 1. The van der Waals surface area contributed by atoms with Gasteiger partial charge in [-0.05, 0) is 55.2 Å². The van der Waals surface area contributed by atoms with Crippen LogP contribution in [0.4, 0.5) is 5.69 Å². The Morgan fingerprint density at radius 1 is 1.28 bits per heavy atom. The number of carboxylic acids is 1. The largest absolute Gasteiger partial charge is 0.491 e. The van der Waals surface area contributed by atoms with Crippen LogP contribution in [0, 0.1) is 5.92 Å². The van der Waals surface area contributed by atoms with E-state index < -0.39 is 5.97 Å². The van der Waals surface area contributed by atoms with Crippen molar-refractivity contribution in [3.05, 3.63) is 64.2 Å². The van der Waals surface area contributed by atoms with E-state index >= 15 is 0 Å². The van der Waals surface area contributed by atoms with E-state index in [4.69, 9.17) is 19.6 Å². The number of hydrogen-bond donors (Lipinski definition) is 2. The summed E-state index contributed by atoms with van der Waals surface area (Å²) in [5.74, 6) is 0.732. The molecule has 1 aliphatic carbocycles. The van der Waals surface area contributed by atoms with E-state index in [0.29, 0.717) is 24.2 Å². The van der Waals surface area contributed by atoms with Crippen molar-refractivity contribution >= 4 is 23.0 Å². The first-order valence-corrected chi connectivity index (χ1v) is 10.2. The molecule has 8 heteroatoms. The van der Waals surface area contributed by atoms with Gasteiger partial charge in [0.1, 0.15) is 6.04 Å². The maximum absolute atomic E-state index is 11.1. The maximum Gasteiger partial charge on any atom is 0.335 e. The second-order valence-corrected chi connectivity index (χ2v) is 7.78. The van der Waals surface area contributed by atoms with Crippen LogP contribution in [0.2, 0.25) is 0 Å². The quantitative estimate of drug-likeness (QED) is 0.544. The van der Waals surface area contributed by atoms with Crippen molar-refractivity contribution in [3.8, 4) is 11.6 Å². The van der Waals surface area contributed by atoms with Gasteiger partial charge in [0, 0.05) is 11.9 Å². The average molecular weight is 411 g/mol. The van der Waals surface area contributed by atoms with Crippen molar-refractivity contribution in [2.45, 2.75) is 18.9 Å². The molecule has 4 rings (SSSR count). The van der Waals surface area contributed by atoms with Crippen LogP contribution in [-0.2, 0) is 0 Å². The van der Waals surface area contributed by atoms with Crippen molar-refractivity contribution in [1.29, 1.82) is 0 Å². The number of ether oxygens (including phenoxy) is 2. The van der Waals surface area contributed by atoms with Crippen molar-refractivity contribution in [1.82, 2.24) is 9.97 Å². The van der Waals surface area contributed by atoms with Gasteiger partial charge >= 0.3 is 5.97 Å². The molecule has 2 heterocycles. The van der Waals surface area contributed by atoms with Gasteiger partial charge in [0.05, 0.1) is 35.4 Å². The number of pyridine rings is 1. The second-order valence-electron chi connectivity index (χ2n) is 6.86. The molecule has 1 fully saturated rings. The van der Waals surface area contributed by atoms with Crippen molar-refractivity contribution in [3.63, 3.8) is 0 Å². The lowest BCUT2D eigenvalue weighted by Gasteiger charge is -2.20. The van der Waals surface area contributed by atoms with Gasteiger partial charge in [-0.3, -0.25) is 4.98 Å². The third kappa shape index (κ3) is 4.65. The van der Waals surface area contributed by atoms with E-state index in [2.05, 4.69) is 10.3 Å². The topological polar surface area (TPSA) is 93.6 Å². The van der Waals surface area contributed by atoms with E-state index in [1.807, 2.05) is 12.1 Å². The minimum absolute atomic E-state index is 0.239. The molecule has 2 aromatic heterocycles. The summed E-state index contributed by atoms with van der Waals surface area (Å²) in [4.78, 5) is 21.0. The zero-order valence-corrected chi connectivity index (χ0v) is 16.7. The number of thiazole rings is 1. The van der Waals surface area contributed by atoms with E-state index in [0.717, 1.165) is 16.3 Å². The molecule has 1 aromatic carbocycles. The average Bonchev–Trinajstić information content (AvgIpc) is 3.42. The summed E-state index contributed by atoms with van der Waals surface area (Å²) in [7, 11) is 1.60. The van der Waals surface area contributed by atoms with Gasteiger partial charge in [-0.15, -0.1) is 11.3 Å². The number of nitrogens with one attached hydrogen (secondary N) is 1. The smallest absolute Gasteiger partial charge is 0.335 e. The Morgan fingerprint density at radius 2 is 2.07 bits per heavy atom. The van der Waals surface area contributed by atoms with E-state index in [1.165, 1.54) is 24.2 Å². The highest BCUT2D eigenvalue weighted by atomic mass is 32.1. The standard InChI is InChI=1S/C21H21N3O4S/c1-27-17-9-8-16(24-20(17)28-11-13-2-3-13)19(18-10-22-12-29-18)23-15-6-4-14(5-7-15)21(25)26/h4-10,12-13,19,23H,2-3,11H2,1H3,(H,25,26). The van der Waals surface area contributed by atoms with Gasteiger partial charge in [0.15, 0.2) is 5.75 Å². The fourth-order valence-corrected chi connectivity index (χ4v) is 3.56. The lowest BCUT2D eigenvalue weighted by atomic mass is 10.1. The van der Waals surface area contributed by atoms with Crippen LogP contribution < -0.4 is 14.8 Å². The molecule has 0 amide bonds. The van der Waals surface area contributed by atoms with Crippen molar-refractivity contribution < 1.29 is 19.4 Å². The number of hydrogen-bond acceptors (Lipinski definition) is 7. The minimum atomic E-state index is -0.954. The van der Waals surface area contributed by atoms with Crippen LogP contribution >= 0.6 is 11.3 Å². The summed E-state index contributed by atoms with van der Waals surface area (Å²) in [5, 5.41) is 12.5. The molecule has 3 aromatic rings. The summed E-state index contributed by atoms with van der Waals surface area (Å²) >= 11 is 1.52. The normalized spacial score (nSPS) is 14.2. The van der Waals surface area contributed by atoms with Crippen molar-refractivity contribution in [2.24, 2.45) is 5.92 Å². The number of methoxy groups -OCH3 is 1. The Kier molecular flexibility index (Phi) is 5.62. The molecule has 2 N–H and O–H groups in total. The zero-order chi connectivity index (χ0) is 20.2. The van der Waals surface area contributed by atoms with Crippen LogP contribution in [-0.4, -0.2) is 34.8 Å². The number of anilines is 1. The Morgan fingerprint density at radius 3 is 2.69 bits per heavy atom. The number of nitrogens with zero attached hydrogens (tertiary/aromatic N) is 2. The summed E-state index contributed by atoms with van der Waals surface area (Å²) in [6, 6.07) is 10.1. The summed E-state index contributed by atoms with van der Waals surface area (Å²) in [6.07, 6.45) is 4.18. The number of aromatic carboxylic acids is 1. The molecule has 1 aliphatic rings. The van der Waals surface area contributed by atoms with Gasteiger partial charge in [-0.1, -0.05) is 0 Å². The summed E-state index contributed by atoms with van der Waals surface area (Å²) in [6.45, 7) is 0.641. The first-order valence-electron chi connectivity index (χ1n) is 9.30. The third-order valence-corrected chi connectivity index (χ3v) is 5.53. The van der Waals surface area contributed by atoms with Gasteiger partial charge in [-0.25, -0.2) is 9.78 Å². The lowest BCUT2D eigenvalue weighted by Crippen LogP contribution is -2.14. The minimum Gasteiger partial charge on any atom is -0.491 e. The number of rotatable bonds is 9. The van der Waals surface area contributed by atoms with E-state index in [9.17, 15) is 4.79 Å². The monoisotopic (exact) mass is 411 g/mol. The molecule has 150 valence electrons. The van der Waals surface area contributed by atoms with Crippen LogP contribution in [0.5, 0.6) is 11.6 Å². The van der Waals surface area contributed by atoms with Crippen LogP contribution in [0.15, 0.2) is 48.1 Å². The Hall–Kier alpha value is -3.13. The fourth-order valence-electron chi connectivity index (χ4n) is 2.88. The van der Waals surface area contributed by atoms with Crippen LogP contribution in [0.3, 0.4) is 0 Å². The zero-order valence-electron chi connectivity index (χ0n) is 15.9. The van der Waals surface area contributed by atoms with Gasteiger partial charge < -0.3 is 19.9 Å². The Labute approximate surface area is 172 Å². The maximum atomic E-state index is 11.1. The van der Waals surface area contributed by atoms with E-state index in [1.54, 1.807) is 43.1 Å². The molecule has 0 radical (unpaired) electrons. The van der Waals surface area contributed by atoms with Crippen LogP contribution in [0.1, 0.15) is 39.8 Å². The molecule has 0 spiro atoms. The highest BCUT2D eigenvalue weighted by Crippen LogP contribution is 2.34. The number of carbonyl (C=O) groups is 1. The van der Waals surface area contributed by atoms with E-state index in [-0.39, 0.29) is 11.6 Å². The molecule has 0 aliphatic heterocycles. The highest BCUT2D eigenvalue weighted by Gasteiger charge is 2.24. The first-order chi connectivity index (χ1) is 14.1. The molecule has 1 unspecified atom stereocenters.